The van der Waals surface area contributed by atoms with Gasteiger partial charge in [0, 0.05) is 29.1 Å². The topological polar surface area (TPSA) is 71.5 Å². The number of rotatable bonds is 8. The molecule has 1 aliphatic carbocycles. The Morgan fingerprint density at radius 2 is 1.68 bits per heavy atom. The van der Waals surface area contributed by atoms with Gasteiger partial charge in [-0.3, -0.25) is 14.6 Å². The fraction of sp³-hybridized carbons (Fsp3) is 0.452. The molecular weight excluding hydrogens is 462 g/mol. The lowest BCUT2D eigenvalue weighted by atomic mass is 9.83. The van der Waals surface area contributed by atoms with Gasteiger partial charge >= 0.3 is 0 Å². The fourth-order valence-corrected chi connectivity index (χ4v) is 5.93. The molecular formula is C31H37N3O3. The molecule has 2 aliphatic rings. The fourth-order valence-electron chi connectivity index (χ4n) is 5.93. The Morgan fingerprint density at radius 1 is 0.946 bits per heavy atom. The van der Waals surface area contributed by atoms with Crippen molar-refractivity contribution in [2.75, 3.05) is 26.7 Å². The summed E-state index contributed by atoms with van der Waals surface area (Å²) in [6.07, 6.45) is 9.19. The highest BCUT2D eigenvalue weighted by Crippen LogP contribution is 2.29. The zero-order valence-corrected chi connectivity index (χ0v) is 21.7. The molecule has 0 atom stereocenters. The number of ether oxygens (including phenoxy) is 1. The highest BCUT2D eigenvalue weighted by molar-refractivity contribution is 6.06. The van der Waals surface area contributed by atoms with E-state index in [0.29, 0.717) is 11.5 Å². The number of methoxy groups -OCH3 is 1. The van der Waals surface area contributed by atoms with Gasteiger partial charge in [-0.05, 0) is 107 Å². The van der Waals surface area contributed by atoms with Crippen molar-refractivity contribution < 1.29 is 14.3 Å². The molecule has 2 heterocycles. The Labute approximate surface area is 219 Å². The van der Waals surface area contributed by atoms with Gasteiger partial charge in [0.2, 0.25) is 0 Å². The van der Waals surface area contributed by atoms with E-state index in [0.717, 1.165) is 80.4 Å². The van der Waals surface area contributed by atoms with E-state index in [9.17, 15) is 9.59 Å². The molecule has 1 saturated heterocycles. The lowest BCUT2D eigenvalue weighted by molar-refractivity contribution is 0.0832. The maximum atomic E-state index is 13.0. The number of nitrogens with zero attached hydrogens (tertiary/aromatic N) is 2. The second-order valence-corrected chi connectivity index (χ2v) is 10.6. The number of hydrogen-bond donors (Lipinski definition) is 1. The Kier molecular flexibility index (Phi) is 8.15. The number of Topliss-reactive ketones (excluding diaryl/α,β-unsaturated/α-hetero) is 1. The molecule has 1 N–H and O–H groups in total. The number of pyridine rings is 1. The minimum Gasteiger partial charge on any atom is -0.497 e. The summed E-state index contributed by atoms with van der Waals surface area (Å²) in [5, 5.41) is 4.18. The number of benzene rings is 2. The van der Waals surface area contributed by atoms with Crippen LogP contribution in [0, 0.1) is 11.8 Å². The number of likely N-dealkylation sites (tertiary alicyclic amines) is 1. The number of carbonyl (C=O) groups excluding carboxylic acids is 2. The van der Waals surface area contributed by atoms with Crippen molar-refractivity contribution in [1.29, 1.82) is 0 Å². The standard InChI is InChI=1S/C31H37N3O3/c1-37-26-12-8-23(9-13-26)30(35)24-16-20-34(21-17-24)19-15-22-6-10-25(11-7-22)33-31(36)28-14-18-32-29-5-3-2-4-27(28)29/h2-5,8-9,12-14,18,22,24-25H,6-7,10-11,15-17,19-21H2,1H3,(H,33,36). The zero-order chi connectivity index (χ0) is 25.6. The molecule has 1 saturated carbocycles. The molecule has 37 heavy (non-hydrogen) atoms. The SMILES string of the molecule is COc1ccc(C(=O)C2CCN(CCC3CCC(NC(=O)c4ccnc5ccccc45)CC3)CC2)cc1. The molecule has 1 aromatic heterocycles. The number of fused-ring (bicyclic) bond motifs is 1. The lowest BCUT2D eigenvalue weighted by Crippen LogP contribution is -2.39. The van der Waals surface area contributed by atoms with E-state index in [1.807, 2.05) is 54.6 Å². The Morgan fingerprint density at radius 3 is 2.41 bits per heavy atom. The van der Waals surface area contributed by atoms with Crippen LogP contribution < -0.4 is 10.1 Å². The first-order chi connectivity index (χ1) is 18.1. The van der Waals surface area contributed by atoms with Crippen molar-refractivity contribution in [3.05, 3.63) is 71.9 Å². The molecule has 1 amide bonds. The highest BCUT2D eigenvalue weighted by Gasteiger charge is 2.27. The van der Waals surface area contributed by atoms with Gasteiger partial charge in [0.05, 0.1) is 18.2 Å². The predicted molar refractivity (Wildman–Crippen MR) is 146 cm³/mol. The van der Waals surface area contributed by atoms with Crippen molar-refractivity contribution >= 4 is 22.6 Å². The van der Waals surface area contributed by atoms with E-state index in [1.165, 1.54) is 6.42 Å². The van der Waals surface area contributed by atoms with Gasteiger partial charge in [-0.25, -0.2) is 0 Å². The van der Waals surface area contributed by atoms with E-state index < -0.39 is 0 Å². The van der Waals surface area contributed by atoms with Crippen LogP contribution in [-0.2, 0) is 0 Å². The smallest absolute Gasteiger partial charge is 0.252 e. The van der Waals surface area contributed by atoms with Crippen LogP contribution in [0.15, 0.2) is 60.8 Å². The van der Waals surface area contributed by atoms with E-state index >= 15 is 0 Å². The third-order valence-electron chi connectivity index (χ3n) is 8.26. The van der Waals surface area contributed by atoms with Gasteiger partial charge in [-0.1, -0.05) is 18.2 Å². The predicted octanol–water partition coefficient (Wildman–Crippen LogP) is 5.52. The first-order valence-electron chi connectivity index (χ1n) is 13.7. The molecule has 0 spiro atoms. The van der Waals surface area contributed by atoms with Gasteiger partial charge in [0.25, 0.3) is 5.91 Å². The summed E-state index contributed by atoms with van der Waals surface area (Å²) in [5.41, 5.74) is 2.36. The summed E-state index contributed by atoms with van der Waals surface area (Å²) in [4.78, 5) is 32.7. The van der Waals surface area contributed by atoms with Gasteiger partial charge in [-0.15, -0.1) is 0 Å². The second-order valence-electron chi connectivity index (χ2n) is 10.6. The maximum Gasteiger partial charge on any atom is 0.252 e. The molecule has 6 nitrogen and oxygen atoms in total. The molecule has 2 aromatic carbocycles. The normalized spacial score (nSPS) is 21.0. The number of nitrogens with one attached hydrogen (secondary N) is 1. The largest absolute Gasteiger partial charge is 0.497 e. The third kappa shape index (κ3) is 6.19. The van der Waals surface area contributed by atoms with E-state index in [2.05, 4.69) is 15.2 Å². The van der Waals surface area contributed by atoms with Crippen LogP contribution in [0.25, 0.3) is 10.9 Å². The highest BCUT2D eigenvalue weighted by atomic mass is 16.5. The Hall–Kier alpha value is -3.25. The molecule has 194 valence electrons. The van der Waals surface area contributed by atoms with Crippen molar-refractivity contribution in [1.82, 2.24) is 15.2 Å². The molecule has 0 radical (unpaired) electrons. The number of para-hydroxylation sites is 1. The van der Waals surface area contributed by atoms with Gasteiger partial charge < -0.3 is 15.0 Å². The zero-order valence-electron chi connectivity index (χ0n) is 21.7. The number of aromatic nitrogens is 1. The quantitative estimate of drug-likeness (QED) is 0.414. The maximum absolute atomic E-state index is 13.0. The first-order valence-corrected chi connectivity index (χ1v) is 13.7. The van der Waals surface area contributed by atoms with Crippen molar-refractivity contribution in [2.24, 2.45) is 11.8 Å². The summed E-state index contributed by atoms with van der Waals surface area (Å²) in [7, 11) is 1.64. The lowest BCUT2D eigenvalue weighted by Gasteiger charge is -2.34. The summed E-state index contributed by atoms with van der Waals surface area (Å²) in [6.45, 7) is 3.10. The number of carbonyl (C=O) groups is 2. The molecule has 3 aromatic rings. The van der Waals surface area contributed by atoms with Crippen LogP contribution in [0.4, 0.5) is 0 Å². The summed E-state index contributed by atoms with van der Waals surface area (Å²) in [6, 6.07) is 17.4. The monoisotopic (exact) mass is 499 g/mol. The van der Waals surface area contributed by atoms with Gasteiger partial charge in [0.15, 0.2) is 5.78 Å². The molecule has 6 heteroatoms. The molecule has 1 aliphatic heterocycles. The van der Waals surface area contributed by atoms with Gasteiger partial charge in [-0.2, -0.15) is 0 Å². The van der Waals surface area contributed by atoms with Crippen LogP contribution >= 0.6 is 0 Å². The number of ketones is 1. The third-order valence-corrected chi connectivity index (χ3v) is 8.26. The second kappa shape index (κ2) is 11.9. The number of amides is 1. The van der Waals surface area contributed by atoms with E-state index in [4.69, 9.17) is 4.74 Å². The van der Waals surface area contributed by atoms with Crippen LogP contribution in [0.2, 0.25) is 0 Å². The Balaban J connectivity index is 1.02. The molecule has 2 fully saturated rings. The number of piperidine rings is 1. The minimum absolute atomic E-state index is 0.00843. The van der Waals surface area contributed by atoms with Crippen LogP contribution in [0.3, 0.4) is 0 Å². The molecule has 5 rings (SSSR count). The summed E-state index contributed by atoms with van der Waals surface area (Å²) < 4.78 is 5.20. The molecule has 0 unspecified atom stereocenters. The minimum atomic E-state index is 0.00843. The Bertz CT molecular complexity index is 1200. The van der Waals surface area contributed by atoms with E-state index in [1.54, 1.807) is 13.3 Å². The average molecular weight is 500 g/mol. The van der Waals surface area contributed by atoms with Crippen molar-refractivity contribution in [3.63, 3.8) is 0 Å². The van der Waals surface area contributed by atoms with Crippen molar-refractivity contribution in [3.8, 4) is 5.75 Å². The molecule has 0 bridgehead atoms. The van der Waals surface area contributed by atoms with Crippen LogP contribution in [0.5, 0.6) is 5.75 Å². The number of hydrogen-bond acceptors (Lipinski definition) is 5. The van der Waals surface area contributed by atoms with Crippen LogP contribution in [0.1, 0.15) is 65.7 Å². The summed E-state index contributed by atoms with van der Waals surface area (Å²) >= 11 is 0. The van der Waals surface area contributed by atoms with Gasteiger partial charge in [0.1, 0.15) is 5.75 Å². The first kappa shape index (κ1) is 25.4. The van der Waals surface area contributed by atoms with Crippen molar-refractivity contribution in [2.45, 2.75) is 51.0 Å². The summed E-state index contributed by atoms with van der Waals surface area (Å²) in [5.74, 6) is 1.90. The van der Waals surface area contributed by atoms with Crippen LogP contribution in [-0.4, -0.2) is 54.4 Å². The average Bonchev–Trinajstić information content (AvgIpc) is 2.96. The van der Waals surface area contributed by atoms with E-state index in [-0.39, 0.29) is 23.7 Å².